The molecule has 5 heteroatoms. The highest BCUT2D eigenvalue weighted by atomic mass is 32.1. The highest BCUT2D eigenvalue weighted by Gasteiger charge is 2.25. The highest BCUT2D eigenvalue weighted by Crippen LogP contribution is 2.23. The van der Waals surface area contributed by atoms with E-state index >= 15 is 0 Å². The lowest BCUT2D eigenvalue weighted by Crippen LogP contribution is -2.45. The van der Waals surface area contributed by atoms with Crippen molar-refractivity contribution in [3.8, 4) is 0 Å². The molecular formula is C18H25N3OS. The molecule has 0 bridgehead atoms. The van der Waals surface area contributed by atoms with Crippen LogP contribution < -0.4 is 5.73 Å². The van der Waals surface area contributed by atoms with Gasteiger partial charge in [0.2, 0.25) is 5.91 Å². The Hall–Kier alpha value is -1.46. The van der Waals surface area contributed by atoms with Gasteiger partial charge >= 0.3 is 0 Å². The molecule has 2 aromatic rings. The minimum Gasteiger partial charge on any atom is -0.342 e. The van der Waals surface area contributed by atoms with Crippen molar-refractivity contribution in [3.05, 3.63) is 29.3 Å². The van der Waals surface area contributed by atoms with E-state index in [9.17, 15) is 4.79 Å². The number of nitrogens with two attached hydrogens (primary N) is 1. The molecule has 1 saturated heterocycles. The minimum atomic E-state index is 0.174. The summed E-state index contributed by atoms with van der Waals surface area (Å²) in [5.74, 6) is 0.730. The molecule has 1 aromatic carbocycles. The summed E-state index contributed by atoms with van der Waals surface area (Å²) in [6.45, 7) is 3.77. The molecule has 1 aliphatic heterocycles. The largest absolute Gasteiger partial charge is 0.342 e. The number of thiazole rings is 1. The second-order valence-electron chi connectivity index (χ2n) is 6.53. The fraction of sp³-hybridized carbons (Fsp3) is 0.556. The van der Waals surface area contributed by atoms with E-state index in [1.807, 2.05) is 30.0 Å². The van der Waals surface area contributed by atoms with E-state index < -0.39 is 0 Å². The molecule has 0 aliphatic carbocycles. The first-order valence-corrected chi connectivity index (χ1v) is 9.33. The number of carbonyl (C=O) groups is 1. The first-order chi connectivity index (χ1) is 11.1. The van der Waals surface area contributed by atoms with Gasteiger partial charge in [-0.05, 0) is 50.7 Å². The zero-order valence-corrected chi connectivity index (χ0v) is 14.5. The molecule has 1 fully saturated rings. The Balaban J connectivity index is 1.49. The summed E-state index contributed by atoms with van der Waals surface area (Å²) in [6.07, 6.45) is 4.60. The predicted molar refractivity (Wildman–Crippen MR) is 95.5 cm³/mol. The Morgan fingerprint density at radius 1 is 1.48 bits per heavy atom. The van der Waals surface area contributed by atoms with Crippen LogP contribution in [0.2, 0.25) is 0 Å². The van der Waals surface area contributed by atoms with Crippen molar-refractivity contribution in [2.75, 3.05) is 13.1 Å². The number of rotatable bonds is 5. The Labute approximate surface area is 141 Å². The first kappa shape index (κ1) is 16.4. The third kappa shape index (κ3) is 4.09. The number of benzene rings is 1. The lowest BCUT2D eigenvalue weighted by Gasteiger charge is -2.34. The molecule has 2 atom stereocenters. The van der Waals surface area contributed by atoms with Gasteiger partial charge in [0, 0.05) is 25.6 Å². The molecule has 2 unspecified atom stereocenters. The molecule has 124 valence electrons. The number of likely N-dealkylation sites (tertiary alicyclic amines) is 1. The van der Waals surface area contributed by atoms with Crippen LogP contribution in [0.5, 0.6) is 0 Å². The number of nitrogens with zero attached hydrogens (tertiary/aromatic N) is 2. The fourth-order valence-electron chi connectivity index (χ4n) is 3.24. The number of hydrogen-bond acceptors (Lipinski definition) is 4. The van der Waals surface area contributed by atoms with Crippen LogP contribution in [0, 0.1) is 5.92 Å². The number of aryl methyl sites for hydroxylation is 1. The molecule has 4 nitrogen and oxygen atoms in total. The van der Waals surface area contributed by atoms with Gasteiger partial charge in [0.15, 0.2) is 0 Å². The Morgan fingerprint density at radius 2 is 2.30 bits per heavy atom. The lowest BCUT2D eigenvalue weighted by atomic mass is 9.92. The van der Waals surface area contributed by atoms with Crippen LogP contribution in [0.25, 0.3) is 10.2 Å². The molecular weight excluding hydrogens is 306 g/mol. The van der Waals surface area contributed by atoms with Gasteiger partial charge in [-0.15, -0.1) is 11.3 Å². The summed E-state index contributed by atoms with van der Waals surface area (Å²) < 4.78 is 1.23. The van der Waals surface area contributed by atoms with Crippen LogP contribution in [0.1, 0.15) is 37.6 Å². The van der Waals surface area contributed by atoms with E-state index in [0.29, 0.717) is 12.3 Å². The Bertz CT molecular complexity index is 634. The van der Waals surface area contributed by atoms with Gasteiger partial charge in [0.05, 0.1) is 15.2 Å². The van der Waals surface area contributed by atoms with Crippen molar-refractivity contribution >= 4 is 27.5 Å². The Morgan fingerprint density at radius 3 is 3.09 bits per heavy atom. The number of para-hydroxylation sites is 1. The van der Waals surface area contributed by atoms with Gasteiger partial charge in [-0.3, -0.25) is 4.79 Å². The molecule has 1 amide bonds. The smallest absolute Gasteiger partial charge is 0.222 e. The van der Waals surface area contributed by atoms with Gasteiger partial charge < -0.3 is 10.6 Å². The maximum atomic E-state index is 12.4. The van der Waals surface area contributed by atoms with E-state index in [0.717, 1.165) is 49.3 Å². The second kappa shape index (κ2) is 7.41. The summed E-state index contributed by atoms with van der Waals surface area (Å²) in [7, 11) is 0. The summed E-state index contributed by atoms with van der Waals surface area (Å²) in [4.78, 5) is 19.0. The molecule has 0 saturated carbocycles. The third-order valence-corrected chi connectivity index (χ3v) is 5.77. The van der Waals surface area contributed by atoms with E-state index in [4.69, 9.17) is 5.73 Å². The van der Waals surface area contributed by atoms with Crippen LogP contribution in [0.4, 0.5) is 0 Å². The first-order valence-electron chi connectivity index (χ1n) is 8.51. The summed E-state index contributed by atoms with van der Waals surface area (Å²) in [5.41, 5.74) is 7.06. The molecule has 3 rings (SSSR count). The molecule has 2 N–H and O–H groups in total. The summed E-state index contributed by atoms with van der Waals surface area (Å²) in [6, 6.07) is 8.37. The van der Waals surface area contributed by atoms with Crippen LogP contribution >= 0.6 is 11.3 Å². The number of amides is 1. The normalized spacial score (nSPS) is 19.9. The molecule has 1 aliphatic rings. The number of fused-ring (bicyclic) bond motifs is 1. The van der Waals surface area contributed by atoms with Gasteiger partial charge in [-0.2, -0.15) is 0 Å². The minimum absolute atomic E-state index is 0.174. The average Bonchev–Trinajstić information content (AvgIpc) is 2.97. The lowest BCUT2D eigenvalue weighted by molar-refractivity contribution is -0.133. The van der Waals surface area contributed by atoms with Crippen molar-refractivity contribution in [1.29, 1.82) is 0 Å². The summed E-state index contributed by atoms with van der Waals surface area (Å²) in [5, 5.41) is 1.13. The highest BCUT2D eigenvalue weighted by molar-refractivity contribution is 7.18. The molecule has 0 radical (unpaired) electrons. The standard InChI is InChI=1S/C18H25N3OS/c1-13(19)14-6-5-11-21(12-14)18(22)10-4-9-17-20-15-7-2-3-8-16(15)23-17/h2-3,7-8,13-14H,4-6,9-12,19H2,1H3. The van der Waals surface area contributed by atoms with Gasteiger partial charge in [0.1, 0.15) is 0 Å². The van der Waals surface area contributed by atoms with Crippen molar-refractivity contribution < 1.29 is 4.79 Å². The van der Waals surface area contributed by atoms with Crippen molar-refractivity contribution in [2.45, 2.75) is 45.1 Å². The van der Waals surface area contributed by atoms with Crippen LogP contribution in [-0.2, 0) is 11.2 Å². The topological polar surface area (TPSA) is 59.2 Å². The molecule has 23 heavy (non-hydrogen) atoms. The van der Waals surface area contributed by atoms with Crippen molar-refractivity contribution in [1.82, 2.24) is 9.88 Å². The van der Waals surface area contributed by atoms with Gasteiger partial charge in [-0.25, -0.2) is 4.98 Å². The van der Waals surface area contributed by atoms with Gasteiger partial charge in [-0.1, -0.05) is 12.1 Å². The summed E-state index contributed by atoms with van der Waals surface area (Å²) >= 11 is 1.74. The number of carbonyl (C=O) groups excluding carboxylic acids is 1. The van der Waals surface area contributed by atoms with Crippen LogP contribution in [-0.4, -0.2) is 34.9 Å². The number of piperidine rings is 1. The zero-order chi connectivity index (χ0) is 16.2. The second-order valence-corrected chi connectivity index (χ2v) is 7.65. The van der Waals surface area contributed by atoms with E-state index in [2.05, 4.69) is 11.1 Å². The maximum absolute atomic E-state index is 12.4. The molecule has 0 spiro atoms. The van der Waals surface area contributed by atoms with Crippen molar-refractivity contribution in [2.24, 2.45) is 11.7 Å². The number of hydrogen-bond donors (Lipinski definition) is 1. The van der Waals surface area contributed by atoms with Crippen LogP contribution in [0.3, 0.4) is 0 Å². The predicted octanol–water partition coefficient (Wildman–Crippen LogP) is 3.20. The SMILES string of the molecule is CC(N)C1CCCN(C(=O)CCCc2nc3ccccc3s2)C1. The quantitative estimate of drug-likeness (QED) is 0.915. The maximum Gasteiger partial charge on any atom is 0.222 e. The third-order valence-electron chi connectivity index (χ3n) is 4.67. The van der Waals surface area contributed by atoms with Crippen molar-refractivity contribution in [3.63, 3.8) is 0 Å². The fourth-order valence-corrected chi connectivity index (χ4v) is 4.25. The van der Waals surface area contributed by atoms with Gasteiger partial charge in [0.25, 0.3) is 0 Å². The zero-order valence-electron chi connectivity index (χ0n) is 13.7. The van der Waals surface area contributed by atoms with E-state index in [-0.39, 0.29) is 11.9 Å². The number of aromatic nitrogens is 1. The molecule has 1 aromatic heterocycles. The monoisotopic (exact) mass is 331 g/mol. The van der Waals surface area contributed by atoms with E-state index in [1.165, 1.54) is 4.70 Å². The Kier molecular flexibility index (Phi) is 5.28. The van der Waals surface area contributed by atoms with Crippen LogP contribution in [0.15, 0.2) is 24.3 Å². The van der Waals surface area contributed by atoms with E-state index in [1.54, 1.807) is 11.3 Å². The molecule has 2 heterocycles. The average molecular weight is 331 g/mol.